The molecule has 0 radical (unpaired) electrons. The second-order valence-corrected chi connectivity index (χ2v) is 9.15. The highest BCUT2D eigenvalue weighted by Gasteiger charge is 2.53. The Balaban J connectivity index is 1.32. The molecule has 2 aromatic heterocycles. The van der Waals surface area contributed by atoms with Crippen molar-refractivity contribution in [2.75, 3.05) is 13.1 Å². The number of urea groups is 1. The van der Waals surface area contributed by atoms with Gasteiger partial charge in [0.2, 0.25) is 5.89 Å². The van der Waals surface area contributed by atoms with Gasteiger partial charge in [-0.05, 0) is 43.3 Å². The summed E-state index contributed by atoms with van der Waals surface area (Å²) in [6.07, 6.45) is 1.51. The van der Waals surface area contributed by atoms with Crippen molar-refractivity contribution < 1.29 is 14.0 Å². The normalized spacial score (nSPS) is 21.8. The van der Waals surface area contributed by atoms with E-state index < -0.39 is 5.54 Å². The number of piperidine rings is 1. The summed E-state index contributed by atoms with van der Waals surface area (Å²) in [5.74, 6) is 0.977. The quantitative estimate of drug-likeness (QED) is 0.616. The van der Waals surface area contributed by atoms with Crippen LogP contribution >= 0.6 is 11.3 Å². The number of imide groups is 1. The fourth-order valence-corrected chi connectivity index (χ4v) is 5.10. The molecule has 31 heavy (non-hydrogen) atoms. The van der Waals surface area contributed by atoms with Crippen LogP contribution in [0.1, 0.15) is 29.9 Å². The van der Waals surface area contributed by atoms with Gasteiger partial charge in [0, 0.05) is 13.1 Å². The summed E-state index contributed by atoms with van der Waals surface area (Å²) in [6.45, 7) is 4.12. The number of benzene rings is 1. The van der Waals surface area contributed by atoms with Crippen molar-refractivity contribution >= 4 is 23.3 Å². The molecule has 160 valence electrons. The second kappa shape index (κ2) is 7.94. The number of nitrogens with one attached hydrogen (secondary N) is 1. The van der Waals surface area contributed by atoms with Gasteiger partial charge in [0.25, 0.3) is 5.91 Å². The number of carbonyl (C=O) groups excluding carboxylic acids is 2. The van der Waals surface area contributed by atoms with Crippen molar-refractivity contribution in [3.05, 3.63) is 64.9 Å². The number of aromatic nitrogens is 1. The van der Waals surface area contributed by atoms with Gasteiger partial charge in [-0.25, -0.2) is 9.78 Å². The Morgan fingerprint density at radius 2 is 2.00 bits per heavy atom. The largest absolute Gasteiger partial charge is 0.440 e. The van der Waals surface area contributed by atoms with Gasteiger partial charge in [0.05, 0.1) is 11.4 Å². The first-order chi connectivity index (χ1) is 15.0. The Kier molecular flexibility index (Phi) is 5.11. The Morgan fingerprint density at radius 3 is 2.77 bits per heavy atom. The van der Waals surface area contributed by atoms with Gasteiger partial charge in [-0.1, -0.05) is 36.4 Å². The minimum Gasteiger partial charge on any atom is -0.440 e. The lowest BCUT2D eigenvalue weighted by Gasteiger charge is -2.38. The Labute approximate surface area is 184 Å². The highest BCUT2D eigenvalue weighted by atomic mass is 32.1. The SMILES string of the molecule is Cc1oc(-c2cccs2)nc1CN1C(=O)NC2(CCCN(Cc3ccccc3)C2)C1=O. The molecule has 1 unspecified atom stereocenters. The van der Waals surface area contributed by atoms with E-state index in [0.717, 1.165) is 24.4 Å². The molecule has 2 saturated heterocycles. The number of rotatable bonds is 5. The molecule has 1 spiro atoms. The number of carbonyl (C=O) groups is 2. The summed E-state index contributed by atoms with van der Waals surface area (Å²) in [5, 5.41) is 4.96. The molecule has 3 aromatic rings. The fraction of sp³-hybridized carbons (Fsp3) is 0.348. The van der Waals surface area contributed by atoms with E-state index in [1.165, 1.54) is 21.8 Å². The van der Waals surface area contributed by atoms with Gasteiger partial charge >= 0.3 is 6.03 Å². The van der Waals surface area contributed by atoms with E-state index in [2.05, 4.69) is 27.3 Å². The van der Waals surface area contributed by atoms with Crippen LogP contribution in [0, 0.1) is 6.92 Å². The molecule has 0 saturated carbocycles. The first-order valence-electron chi connectivity index (χ1n) is 10.4. The maximum absolute atomic E-state index is 13.4. The lowest BCUT2D eigenvalue weighted by Crippen LogP contribution is -2.58. The van der Waals surface area contributed by atoms with Gasteiger partial charge in [0.15, 0.2) is 0 Å². The highest BCUT2D eigenvalue weighted by Crippen LogP contribution is 2.31. The maximum atomic E-state index is 13.4. The molecule has 7 nitrogen and oxygen atoms in total. The second-order valence-electron chi connectivity index (χ2n) is 8.20. The van der Waals surface area contributed by atoms with Crippen LogP contribution in [0.2, 0.25) is 0 Å². The predicted molar refractivity (Wildman–Crippen MR) is 117 cm³/mol. The van der Waals surface area contributed by atoms with Crippen LogP contribution in [0.15, 0.2) is 52.3 Å². The zero-order valence-electron chi connectivity index (χ0n) is 17.3. The predicted octanol–water partition coefficient (Wildman–Crippen LogP) is 3.80. The van der Waals surface area contributed by atoms with Crippen LogP contribution in [0.5, 0.6) is 0 Å². The number of aryl methyl sites for hydroxylation is 1. The molecule has 1 aromatic carbocycles. The molecule has 2 fully saturated rings. The van der Waals surface area contributed by atoms with Gasteiger partial charge in [-0.15, -0.1) is 11.3 Å². The van der Waals surface area contributed by atoms with Crippen LogP contribution in [-0.2, 0) is 17.9 Å². The molecule has 5 rings (SSSR count). The number of oxazole rings is 1. The van der Waals surface area contributed by atoms with E-state index in [1.807, 2.05) is 42.6 Å². The standard InChI is InChI=1S/C23H24N4O3S/c1-16-18(24-20(30-16)19-9-5-12-31-19)14-27-21(28)23(25-22(27)29)10-6-11-26(15-23)13-17-7-3-2-4-8-17/h2-5,7-9,12H,6,10-11,13-15H2,1H3,(H,25,29). The van der Waals surface area contributed by atoms with Gasteiger partial charge in [-0.2, -0.15) is 0 Å². The monoisotopic (exact) mass is 436 g/mol. The summed E-state index contributed by atoms with van der Waals surface area (Å²) in [6, 6.07) is 13.7. The molecule has 2 aliphatic rings. The Hall–Kier alpha value is -2.97. The molecule has 0 aliphatic carbocycles. The zero-order valence-corrected chi connectivity index (χ0v) is 18.2. The van der Waals surface area contributed by atoms with Crippen LogP contribution < -0.4 is 5.32 Å². The molecule has 1 N–H and O–H groups in total. The minimum atomic E-state index is -0.863. The van der Waals surface area contributed by atoms with Crippen molar-refractivity contribution in [3.63, 3.8) is 0 Å². The summed E-state index contributed by atoms with van der Waals surface area (Å²) in [5.41, 5.74) is 0.951. The van der Waals surface area contributed by atoms with E-state index in [4.69, 9.17) is 4.42 Å². The third kappa shape index (κ3) is 3.77. The van der Waals surface area contributed by atoms with E-state index in [0.29, 0.717) is 30.3 Å². The fourth-order valence-electron chi connectivity index (χ4n) is 4.45. The first-order valence-corrected chi connectivity index (χ1v) is 11.3. The van der Waals surface area contributed by atoms with Crippen molar-refractivity contribution in [2.45, 2.75) is 38.4 Å². The van der Waals surface area contributed by atoms with Crippen molar-refractivity contribution in [3.8, 4) is 10.8 Å². The van der Waals surface area contributed by atoms with Crippen LogP contribution in [0.4, 0.5) is 4.79 Å². The smallest absolute Gasteiger partial charge is 0.325 e. The van der Waals surface area contributed by atoms with E-state index in [-0.39, 0.29) is 18.5 Å². The van der Waals surface area contributed by atoms with Gasteiger partial charge < -0.3 is 9.73 Å². The van der Waals surface area contributed by atoms with Crippen molar-refractivity contribution in [2.24, 2.45) is 0 Å². The van der Waals surface area contributed by atoms with Crippen LogP contribution in [0.25, 0.3) is 10.8 Å². The maximum Gasteiger partial charge on any atom is 0.325 e. The van der Waals surface area contributed by atoms with Gasteiger partial charge in [-0.3, -0.25) is 14.6 Å². The molecular weight excluding hydrogens is 412 g/mol. The Morgan fingerprint density at radius 1 is 1.16 bits per heavy atom. The zero-order chi connectivity index (χ0) is 21.4. The topological polar surface area (TPSA) is 78.7 Å². The molecular formula is C23H24N4O3S. The molecule has 0 bridgehead atoms. The summed E-state index contributed by atoms with van der Waals surface area (Å²) in [4.78, 5) is 35.2. The minimum absolute atomic E-state index is 0.117. The summed E-state index contributed by atoms with van der Waals surface area (Å²) in [7, 11) is 0. The average molecular weight is 437 g/mol. The number of amides is 3. The van der Waals surface area contributed by atoms with Crippen molar-refractivity contribution in [1.82, 2.24) is 20.1 Å². The third-order valence-corrected chi connectivity index (χ3v) is 6.86. The first kappa shape index (κ1) is 20.0. The number of likely N-dealkylation sites (tertiary alicyclic amines) is 1. The molecule has 2 aliphatic heterocycles. The third-order valence-electron chi connectivity index (χ3n) is 6.00. The van der Waals surface area contributed by atoms with E-state index in [1.54, 1.807) is 0 Å². The van der Waals surface area contributed by atoms with E-state index >= 15 is 0 Å². The number of hydrogen-bond acceptors (Lipinski definition) is 6. The summed E-state index contributed by atoms with van der Waals surface area (Å²) >= 11 is 1.54. The van der Waals surface area contributed by atoms with Crippen molar-refractivity contribution in [1.29, 1.82) is 0 Å². The van der Waals surface area contributed by atoms with Crippen LogP contribution in [0.3, 0.4) is 0 Å². The molecule has 4 heterocycles. The Bertz CT molecular complexity index is 1100. The lowest BCUT2D eigenvalue weighted by atomic mass is 9.88. The number of nitrogens with zero attached hydrogens (tertiary/aromatic N) is 3. The molecule has 1 atom stereocenters. The number of thiophene rings is 1. The average Bonchev–Trinajstić information content (AvgIpc) is 3.46. The summed E-state index contributed by atoms with van der Waals surface area (Å²) < 4.78 is 5.78. The number of hydrogen-bond donors (Lipinski definition) is 1. The molecule has 3 amide bonds. The van der Waals surface area contributed by atoms with E-state index in [9.17, 15) is 9.59 Å². The van der Waals surface area contributed by atoms with Crippen LogP contribution in [-0.4, -0.2) is 45.4 Å². The lowest BCUT2D eigenvalue weighted by molar-refractivity contribution is -0.133. The van der Waals surface area contributed by atoms with Gasteiger partial charge in [0.1, 0.15) is 17.0 Å². The molecule has 8 heteroatoms. The highest BCUT2D eigenvalue weighted by molar-refractivity contribution is 7.13.